The summed E-state index contributed by atoms with van der Waals surface area (Å²) in [4.78, 5) is 39.7. The fourth-order valence-corrected chi connectivity index (χ4v) is 4.38. The van der Waals surface area contributed by atoms with Gasteiger partial charge in [-0.25, -0.2) is 4.98 Å². The third kappa shape index (κ3) is 4.59. The van der Waals surface area contributed by atoms with Gasteiger partial charge in [0.05, 0.1) is 23.3 Å². The molecule has 0 radical (unpaired) electrons. The van der Waals surface area contributed by atoms with Crippen LogP contribution in [0.4, 0.5) is 0 Å². The number of amides is 2. The lowest BCUT2D eigenvalue weighted by Crippen LogP contribution is -2.56. The van der Waals surface area contributed by atoms with Crippen LogP contribution in [0.25, 0.3) is 11.0 Å². The van der Waals surface area contributed by atoms with Crippen molar-refractivity contribution in [3.8, 4) is 0 Å². The van der Waals surface area contributed by atoms with E-state index < -0.39 is 5.41 Å². The second-order valence-electron chi connectivity index (χ2n) is 7.99. The number of H-pyrrole nitrogens is 1. The van der Waals surface area contributed by atoms with Gasteiger partial charge < -0.3 is 15.6 Å². The fraction of sp³-hybridized carbons (Fsp3) is 0.391. The van der Waals surface area contributed by atoms with Crippen molar-refractivity contribution in [3.63, 3.8) is 0 Å². The number of nitrogens with one attached hydrogen (secondary N) is 3. The van der Waals surface area contributed by atoms with Gasteiger partial charge >= 0.3 is 0 Å². The number of fused-ring (bicyclic) bond motifs is 1. The third-order valence-corrected chi connectivity index (χ3v) is 5.88. The Hall–Kier alpha value is -3.26. The second-order valence-corrected chi connectivity index (χ2v) is 7.99. The molecule has 1 fully saturated rings. The minimum atomic E-state index is -0.733. The van der Waals surface area contributed by atoms with Gasteiger partial charge in [-0.2, -0.15) is 0 Å². The number of imidazole rings is 1. The first-order chi connectivity index (χ1) is 15.1. The molecule has 1 aliphatic heterocycles. The Morgan fingerprint density at radius 3 is 2.81 bits per heavy atom. The zero-order valence-corrected chi connectivity index (χ0v) is 17.7. The number of piperidine rings is 1. The van der Waals surface area contributed by atoms with Crippen molar-refractivity contribution in [3.05, 3.63) is 60.2 Å². The Labute approximate surface area is 181 Å². The molecule has 0 saturated carbocycles. The molecule has 8 nitrogen and oxygen atoms in total. The zero-order chi connectivity index (χ0) is 21.7. The minimum Gasteiger partial charge on any atom is -0.358 e. The standard InChI is InChI=1S/C23H28N6O2/c1-24-22(31)23(19-9-4-5-12-25-19)11-6-14-29(16-23)15-21(30)26-13-10-20-27-17-7-2-3-8-18(17)28-20/h2-5,7-9,12H,6,10-11,13-16H2,1H3,(H,24,31)(H,26,30)(H,27,28). The zero-order valence-electron chi connectivity index (χ0n) is 17.7. The number of hydrogen-bond acceptors (Lipinski definition) is 5. The number of likely N-dealkylation sites (tertiary alicyclic amines) is 1. The maximum atomic E-state index is 12.8. The Morgan fingerprint density at radius 2 is 2.03 bits per heavy atom. The lowest BCUT2D eigenvalue weighted by molar-refractivity contribution is -0.130. The lowest BCUT2D eigenvalue weighted by atomic mass is 9.75. The minimum absolute atomic E-state index is 0.0511. The summed E-state index contributed by atoms with van der Waals surface area (Å²) in [6.07, 6.45) is 3.89. The van der Waals surface area contributed by atoms with Crippen LogP contribution < -0.4 is 10.6 Å². The maximum Gasteiger partial charge on any atom is 0.234 e. The molecule has 1 aliphatic rings. The normalized spacial score (nSPS) is 19.3. The van der Waals surface area contributed by atoms with Gasteiger partial charge in [0.25, 0.3) is 0 Å². The highest BCUT2D eigenvalue weighted by Crippen LogP contribution is 2.33. The highest BCUT2D eigenvalue weighted by Gasteiger charge is 2.44. The highest BCUT2D eigenvalue weighted by atomic mass is 16.2. The summed E-state index contributed by atoms with van der Waals surface area (Å²) in [5.41, 5.74) is 1.95. The Bertz CT molecular complexity index is 1020. The molecule has 4 rings (SSSR count). The summed E-state index contributed by atoms with van der Waals surface area (Å²) in [5.74, 6) is 0.749. The third-order valence-electron chi connectivity index (χ3n) is 5.88. The molecular formula is C23H28N6O2. The molecule has 0 spiro atoms. The molecule has 162 valence electrons. The van der Waals surface area contributed by atoms with Crippen LogP contribution in [0.2, 0.25) is 0 Å². The van der Waals surface area contributed by atoms with E-state index >= 15 is 0 Å². The smallest absolute Gasteiger partial charge is 0.234 e. The molecule has 0 bridgehead atoms. The van der Waals surface area contributed by atoms with Gasteiger partial charge in [-0.15, -0.1) is 0 Å². The molecule has 8 heteroatoms. The lowest BCUT2D eigenvalue weighted by Gasteiger charge is -2.40. The summed E-state index contributed by atoms with van der Waals surface area (Å²) < 4.78 is 0. The SMILES string of the molecule is CNC(=O)C1(c2ccccn2)CCCN(CC(=O)NCCc2nc3ccccc3[nH]2)C1. The van der Waals surface area contributed by atoms with Crippen LogP contribution >= 0.6 is 0 Å². The molecular weight excluding hydrogens is 392 g/mol. The number of hydrogen-bond donors (Lipinski definition) is 3. The molecule has 1 atom stereocenters. The molecule has 31 heavy (non-hydrogen) atoms. The Kier molecular flexibility index (Phi) is 6.27. The first-order valence-electron chi connectivity index (χ1n) is 10.7. The van der Waals surface area contributed by atoms with E-state index in [0.29, 0.717) is 25.9 Å². The van der Waals surface area contributed by atoms with Gasteiger partial charge in [0.1, 0.15) is 11.2 Å². The van der Waals surface area contributed by atoms with Gasteiger partial charge in [-0.05, 0) is 43.7 Å². The molecule has 0 aliphatic carbocycles. The largest absolute Gasteiger partial charge is 0.358 e. The van der Waals surface area contributed by atoms with Crippen LogP contribution in [-0.2, 0) is 21.4 Å². The number of nitrogens with zero attached hydrogens (tertiary/aromatic N) is 3. The Morgan fingerprint density at radius 1 is 1.19 bits per heavy atom. The highest BCUT2D eigenvalue weighted by molar-refractivity contribution is 5.88. The van der Waals surface area contributed by atoms with Crippen molar-refractivity contribution in [2.75, 3.05) is 33.2 Å². The topological polar surface area (TPSA) is 103 Å². The maximum absolute atomic E-state index is 12.8. The van der Waals surface area contributed by atoms with Gasteiger partial charge in [-0.1, -0.05) is 18.2 Å². The first-order valence-corrected chi connectivity index (χ1v) is 10.7. The number of pyridine rings is 1. The van der Waals surface area contributed by atoms with Crippen molar-refractivity contribution in [1.29, 1.82) is 0 Å². The van der Waals surface area contributed by atoms with E-state index in [4.69, 9.17) is 0 Å². The molecule has 1 saturated heterocycles. The predicted molar refractivity (Wildman–Crippen MR) is 118 cm³/mol. The number of likely N-dealkylation sites (N-methyl/N-ethyl adjacent to an activating group) is 1. The van der Waals surface area contributed by atoms with Crippen LogP contribution in [0, 0.1) is 0 Å². The predicted octanol–water partition coefficient (Wildman–Crippen LogP) is 1.40. The van der Waals surface area contributed by atoms with Gasteiger partial charge in [0.2, 0.25) is 11.8 Å². The van der Waals surface area contributed by atoms with E-state index in [2.05, 4.69) is 25.6 Å². The van der Waals surface area contributed by atoms with Gasteiger partial charge in [0, 0.05) is 32.8 Å². The summed E-state index contributed by atoms with van der Waals surface area (Å²) in [5, 5.41) is 5.77. The molecule has 3 heterocycles. The number of aromatic amines is 1. The van der Waals surface area contributed by atoms with E-state index in [1.807, 2.05) is 47.4 Å². The number of aromatic nitrogens is 3. The van der Waals surface area contributed by atoms with Crippen LogP contribution in [0.3, 0.4) is 0 Å². The average Bonchev–Trinajstić information content (AvgIpc) is 3.22. The molecule has 1 unspecified atom stereocenters. The van der Waals surface area contributed by atoms with Crippen molar-refractivity contribution >= 4 is 22.8 Å². The van der Waals surface area contributed by atoms with Gasteiger partial charge in [0.15, 0.2) is 0 Å². The average molecular weight is 421 g/mol. The molecule has 1 aromatic carbocycles. The van der Waals surface area contributed by atoms with E-state index in [1.54, 1.807) is 13.2 Å². The Balaban J connectivity index is 1.34. The van der Waals surface area contributed by atoms with Crippen molar-refractivity contribution in [2.24, 2.45) is 0 Å². The van der Waals surface area contributed by atoms with E-state index in [-0.39, 0.29) is 18.4 Å². The number of rotatable bonds is 7. The monoisotopic (exact) mass is 420 g/mol. The van der Waals surface area contributed by atoms with Crippen LogP contribution in [0.5, 0.6) is 0 Å². The summed E-state index contributed by atoms with van der Waals surface area (Å²) in [6.45, 7) is 2.02. The number of carbonyl (C=O) groups is 2. The number of benzene rings is 1. The first kappa shape index (κ1) is 21.0. The summed E-state index contributed by atoms with van der Waals surface area (Å²) in [7, 11) is 1.65. The van der Waals surface area contributed by atoms with Crippen LogP contribution in [0.15, 0.2) is 48.7 Å². The van der Waals surface area contributed by atoms with Crippen LogP contribution in [0.1, 0.15) is 24.4 Å². The van der Waals surface area contributed by atoms with Crippen molar-refractivity contribution in [2.45, 2.75) is 24.7 Å². The number of carbonyl (C=O) groups excluding carboxylic acids is 2. The molecule has 2 aromatic heterocycles. The van der Waals surface area contributed by atoms with E-state index in [0.717, 1.165) is 35.5 Å². The number of para-hydroxylation sites is 2. The molecule has 3 N–H and O–H groups in total. The van der Waals surface area contributed by atoms with Gasteiger partial charge in [-0.3, -0.25) is 19.5 Å². The molecule has 2 amide bonds. The summed E-state index contributed by atoms with van der Waals surface area (Å²) >= 11 is 0. The van der Waals surface area contributed by atoms with E-state index in [1.165, 1.54) is 0 Å². The van der Waals surface area contributed by atoms with E-state index in [9.17, 15) is 9.59 Å². The van der Waals surface area contributed by atoms with Crippen LogP contribution in [-0.4, -0.2) is 64.9 Å². The second kappa shape index (κ2) is 9.26. The summed E-state index contributed by atoms with van der Waals surface area (Å²) in [6, 6.07) is 13.5. The molecule has 3 aromatic rings. The van der Waals surface area contributed by atoms with Crippen molar-refractivity contribution < 1.29 is 9.59 Å². The fourth-order valence-electron chi connectivity index (χ4n) is 4.38. The quantitative estimate of drug-likeness (QED) is 0.536. The van der Waals surface area contributed by atoms with Crippen molar-refractivity contribution in [1.82, 2.24) is 30.5 Å².